The Morgan fingerprint density at radius 2 is 2.00 bits per heavy atom. The lowest BCUT2D eigenvalue weighted by molar-refractivity contribution is -0.155. The smallest absolute Gasteiger partial charge is 0.0809 e. The molecule has 18 heavy (non-hydrogen) atoms. The van der Waals surface area contributed by atoms with Gasteiger partial charge in [-0.2, -0.15) is 0 Å². The van der Waals surface area contributed by atoms with E-state index in [0.717, 1.165) is 26.3 Å². The molecule has 0 unspecified atom stereocenters. The maximum atomic E-state index is 5.99. The van der Waals surface area contributed by atoms with E-state index in [1.54, 1.807) is 0 Å². The highest BCUT2D eigenvalue weighted by Gasteiger charge is 2.48. The summed E-state index contributed by atoms with van der Waals surface area (Å²) >= 11 is 0. The fraction of sp³-hybridized carbons (Fsp3) is 1.00. The summed E-state index contributed by atoms with van der Waals surface area (Å²) < 4.78 is 11.8. The molecule has 2 saturated carbocycles. The van der Waals surface area contributed by atoms with Crippen molar-refractivity contribution in [3.8, 4) is 0 Å². The third kappa shape index (κ3) is 2.73. The number of nitrogens with zero attached hydrogens (tertiary/aromatic N) is 1. The van der Waals surface area contributed by atoms with Crippen molar-refractivity contribution in [2.75, 3.05) is 32.8 Å². The predicted octanol–water partition coefficient (Wildman–Crippen LogP) is 2.45. The van der Waals surface area contributed by atoms with Crippen LogP contribution in [0.15, 0.2) is 0 Å². The molecule has 0 amide bonds. The molecule has 1 spiro atoms. The normalized spacial score (nSPS) is 29.5. The van der Waals surface area contributed by atoms with Crippen LogP contribution in [0.3, 0.4) is 0 Å². The molecule has 0 aromatic carbocycles. The molecule has 0 N–H and O–H groups in total. The molecule has 0 atom stereocenters. The Balaban J connectivity index is 1.50. The first-order valence-electron chi connectivity index (χ1n) is 7.60. The van der Waals surface area contributed by atoms with Gasteiger partial charge in [-0.25, -0.2) is 0 Å². The monoisotopic (exact) mass is 253 g/mol. The number of ether oxygens (including phenoxy) is 2. The number of hydrogen-bond acceptors (Lipinski definition) is 3. The minimum atomic E-state index is 0.243. The van der Waals surface area contributed by atoms with Crippen LogP contribution in [0.2, 0.25) is 0 Å². The zero-order valence-corrected chi connectivity index (χ0v) is 11.9. The van der Waals surface area contributed by atoms with E-state index in [9.17, 15) is 0 Å². The Hall–Kier alpha value is -0.120. The first-order chi connectivity index (χ1) is 8.62. The summed E-state index contributed by atoms with van der Waals surface area (Å²) in [7, 11) is 0. The first kappa shape index (κ1) is 12.9. The van der Waals surface area contributed by atoms with E-state index in [1.165, 1.54) is 38.6 Å². The van der Waals surface area contributed by atoms with Crippen LogP contribution < -0.4 is 0 Å². The van der Waals surface area contributed by atoms with Crippen LogP contribution >= 0.6 is 0 Å². The Morgan fingerprint density at radius 1 is 1.22 bits per heavy atom. The van der Waals surface area contributed by atoms with Gasteiger partial charge >= 0.3 is 0 Å². The second-order valence-corrected chi connectivity index (χ2v) is 6.96. The van der Waals surface area contributed by atoms with E-state index in [2.05, 4.69) is 18.7 Å². The van der Waals surface area contributed by atoms with Crippen molar-refractivity contribution in [1.29, 1.82) is 0 Å². The summed E-state index contributed by atoms with van der Waals surface area (Å²) in [5.41, 5.74) is 0.722. The van der Waals surface area contributed by atoms with Crippen molar-refractivity contribution in [2.24, 2.45) is 5.41 Å². The molecular weight excluding hydrogens is 226 g/mol. The quantitative estimate of drug-likeness (QED) is 0.751. The van der Waals surface area contributed by atoms with Crippen LogP contribution in [0.25, 0.3) is 0 Å². The van der Waals surface area contributed by atoms with Crippen LogP contribution in [-0.4, -0.2) is 49.5 Å². The predicted molar refractivity (Wildman–Crippen MR) is 71.7 cm³/mol. The standard InChI is InChI=1S/C15H27NO2/c1-13(2)17-12-14(6-7-14)10-16-8-9-18-15(11-16)4-3-5-15/h13H,3-12H2,1-2H3. The molecule has 2 aliphatic carbocycles. The summed E-state index contributed by atoms with van der Waals surface area (Å²) in [6.45, 7) is 9.66. The van der Waals surface area contributed by atoms with Gasteiger partial charge in [-0.05, 0) is 46.0 Å². The van der Waals surface area contributed by atoms with Crippen LogP contribution in [0.4, 0.5) is 0 Å². The van der Waals surface area contributed by atoms with Gasteiger partial charge in [0.25, 0.3) is 0 Å². The lowest BCUT2D eigenvalue weighted by atomic mass is 9.78. The average Bonchev–Trinajstić information content (AvgIpc) is 3.05. The van der Waals surface area contributed by atoms with Crippen molar-refractivity contribution in [2.45, 2.75) is 57.7 Å². The fourth-order valence-electron chi connectivity index (χ4n) is 3.27. The fourth-order valence-corrected chi connectivity index (χ4v) is 3.27. The van der Waals surface area contributed by atoms with Crippen molar-refractivity contribution in [1.82, 2.24) is 4.90 Å². The molecule has 0 radical (unpaired) electrons. The molecule has 0 aromatic rings. The van der Waals surface area contributed by atoms with Gasteiger partial charge in [0.1, 0.15) is 0 Å². The maximum Gasteiger partial charge on any atom is 0.0809 e. The molecule has 3 nitrogen and oxygen atoms in total. The van der Waals surface area contributed by atoms with E-state index in [1.807, 2.05) is 0 Å². The SMILES string of the molecule is CC(C)OCC1(CN2CCOC3(CCC3)C2)CC1. The zero-order chi connectivity index (χ0) is 12.6. The molecule has 3 aliphatic rings. The highest BCUT2D eigenvalue weighted by atomic mass is 16.5. The van der Waals surface area contributed by atoms with Gasteiger partial charge in [-0.15, -0.1) is 0 Å². The highest BCUT2D eigenvalue weighted by Crippen LogP contribution is 2.48. The van der Waals surface area contributed by atoms with Gasteiger partial charge in [0.05, 0.1) is 24.9 Å². The lowest BCUT2D eigenvalue weighted by Gasteiger charge is -2.49. The molecule has 3 heteroatoms. The van der Waals surface area contributed by atoms with Crippen molar-refractivity contribution in [3.05, 3.63) is 0 Å². The maximum absolute atomic E-state index is 5.99. The van der Waals surface area contributed by atoms with E-state index < -0.39 is 0 Å². The van der Waals surface area contributed by atoms with Gasteiger partial charge in [0.15, 0.2) is 0 Å². The number of rotatable bonds is 5. The van der Waals surface area contributed by atoms with Crippen molar-refractivity contribution < 1.29 is 9.47 Å². The second-order valence-electron chi connectivity index (χ2n) is 6.96. The molecule has 104 valence electrons. The van der Waals surface area contributed by atoms with Gasteiger partial charge in [-0.3, -0.25) is 4.90 Å². The van der Waals surface area contributed by atoms with Crippen LogP contribution in [0, 0.1) is 5.41 Å². The second kappa shape index (κ2) is 4.77. The number of hydrogen-bond donors (Lipinski definition) is 0. The molecular formula is C15H27NO2. The van der Waals surface area contributed by atoms with Gasteiger partial charge < -0.3 is 9.47 Å². The van der Waals surface area contributed by atoms with Crippen LogP contribution in [-0.2, 0) is 9.47 Å². The summed E-state index contributed by atoms with van der Waals surface area (Å²) in [6, 6.07) is 0. The van der Waals surface area contributed by atoms with Gasteiger partial charge in [0, 0.05) is 25.0 Å². The Morgan fingerprint density at radius 3 is 2.56 bits per heavy atom. The minimum Gasteiger partial charge on any atom is -0.378 e. The number of morpholine rings is 1. The van der Waals surface area contributed by atoms with Crippen molar-refractivity contribution >= 4 is 0 Å². The molecule has 0 bridgehead atoms. The van der Waals surface area contributed by atoms with Gasteiger partial charge in [0.2, 0.25) is 0 Å². The lowest BCUT2D eigenvalue weighted by Crippen LogP contribution is -2.56. The third-order valence-corrected chi connectivity index (χ3v) is 4.83. The molecule has 1 saturated heterocycles. The molecule has 1 aliphatic heterocycles. The van der Waals surface area contributed by atoms with E-state index >= 15 is 0 Å². The molecule has 3 rings (SSSR count). The van der Waals surface area contributed by atoms with E-state index in [-0.39, 0.29) is 5.60 Å². The summed E-state index contributed by atoms with van der Waals surface area (Å²) in [6.07, 6.45) is 6.98. The third-order valence-electron chi connectivity index (χ3n) is 4.83. The summed E-state index contributed by atoms with van der Waals surface area (Å²) in [5, 5.41) is 0. The molecule has 1 heterocycles. The Bertz CT molecular complexity index is 295. The van der Waals surface area contributed by atoms with Gasteiger partial charge in [-0.1, -0.05) is 0 Å². The zero-order valence-electron chi connectivity index (χ0n) is 11.9. The van der Waals surface area contributed by atoms with Crippen LogP contribution in [0.1, 0.15) is 46.0 Å². The molecule has 3 fully saturated rings. The summed E-state index contributed by atoms with van der Waals surface area (Å²) in [4.78, 5) is 2.64. The Labute approximate surface area is 111 Å². The van der Waals surface area contributed by atoms with Crippen LogP contribution in [0.5, 0.6) is 0 Å². The average molecular weight is 253 g/mol. The van der Waals surface area contributed by atoms with E-state index in [4.69, 9.17) is 9.47 Å². The Kier molecular flexibility index (Phi) is 3.41. The highest BCUT2D eigenvalue weighted by molar-refractivity contribution is 5.00. The summed E-state index contributed by atoms with van der Waals surface area (Å²) in [5.74, 6) is 0. The van der Waals surface area contributed by atoms with E-state index in [0.29, 0.717) is 11.5 Å². The van der Waals surface area contributed by atoms with Crippen molar-refractivity contribution in [3.63, 3.8) is 0 Å². The molecule has 0 aromatic heterocycles. The first-order valence-corrected chi connectivity index (χ1v) is 7.60. The topological polar surface area (TPSA) is 21.7 Å². The largest absolute Gasteiger partial charge is 0.378 e. The minimum absolute atomic E-state index is 0.243.